The molecule has 5 nitrogen and oxygen atoms in total. The van der Waals surface area contributed by atoms with Gasteiger partial charge < -0.3 is 10.6 Å². The average molecular weight is 324 g/mol. The zero-order valence-electron chi connectivity index (χ0n) is 14.2. The Bertz CT molecular complexity index is 691. The molecule has 0 saturated heterocycles. The summed E-state index contributed by atoms with van der Waals surface area (Å²) in [7, 11) is 0. The van der Waals surface area contributed by atoms with Crippen LogP contribution in [0.25, 0.3) is 0 Å². The average Bonchev–Trinajstić information content (AvgIpc) is 3.09. The molecule has 1 aliphatic rings. The first-order valence-corrected chi connectivity index (χ1v) is 8.62. The first-order valence-electron chi connectivity index (χ1n) is 8.62. The van der Waals surface area contributed by atoms with Crippen molar-refractivity contribution in [1.29, 1.82) is 0 Å². The van der Waals surface area contributed by atoms with Gasteiger partial charge in [-0.05, 0) is 30.4 Å². The lowest BCUT2D eigenvalue weighted by atomic mass is 10.0. The molecule has 0 aliphatic heterocycles. The van der Waals surface area contributed by atoms with Crippen LogP contribution in [0.15, 0.2) is 36.7 Å². The van der Waals surface area contributed by atoms with E-state index in [9.17, 15) is 4.79 Å². The molecule has 5 heteroatoms. The monoisotopic (exact) mass is 324 g/mol. The third kappa shape index (κ3) is 3.91. The number of nitrogens with one attached hydrogen (secondary N) is 2. The van der Waals surface area contributed by atoms with Gasteiger partial charge in [0, 0.05) is 11.7 Å². The molecule has 0 atom stereocenters. The zero-order chi connectivity index (χ0) is 16.9. The number of nitrogens with zero attached hydrogens (tertiary/aromatic N) is 2. The number of hydrogen-bond donors (Lipinski definition) is 2. The molecule has 0 spiro atoms. The van der Waals surface area contributed by atoms with Crippen molar-refractivity contribution in [2.24, 2.45) is 0 Å². The molecule has 1 fully saturated rings. The smallest absolute Gasteiger partial charge is 0.275 e. The Morgan fingerprint density at radius 3 is 2.54 bits per heavy atom. The summed E-state index contributed by atoms with van der Waals surface area (Å²) in [6.45, 7) is 4.21. The van der Waals surface area contributed by atoms with Crippen molar-refractivity contribution in [2.75, 3.05) is 10.6 Å². The van der Waals surface area contributed by atoms with Gasteiger partial charge in [-0.15, -0.1) is 0 Å². The van der Waals surface area contributed by atoms with Crippen LogP contribution in [0, 0.1) is 0 Å². The second-order valence-corrected chi connectivity index (χ2v) is 6.61. The molecule has 1 aromatic carbocycles. The van der Waals surface area contributed by atoms with Gasteiger partial charge in [-0.25, -0.2) is 9.97 Å². The predicted octanol–water partition coefficient (Wildman–Crippen LogP) is 4.21. The molecular weight excluding hydrogens is 300 g/mol. The van der Waals surface area contributed by atoms with Crippen molar-refractivity contribution in [2.45, 2.75) is 51.5 Å². The molecule has 1 heterocycles. The normalized spacial score (nSPS) is 14.8. The molecule has 0 bridgehead atoms. The van der Waals surface area contributed by atoms with Gasteiger partial charge in [0.15, 0.2) is 0 Å². The fraction of sp³-hybridized carbons (Fsp3) is 0.421. The van der Waals surface area contributed by atoms with Crippen LogP contribution in [0.5, 0.6) is 0 Å². The Hall–Kier alpha value is -2.43. The first-order chi connectivity index (χ1) is 11.6. The number of carbonyl (C=O) groups is 1. The lowest BCUT2D eigenvalue weighted by Gasteiger charge is -2.14. The van der Waals surface area contributed by atoms with Crippen molar-refractivity contribution >= 4 is 17.4 Å². The fourth-order valence-electron chi connectivity index (χ4n) is 3.10. The standard InChI is InChI=1S/C19H24N4O/c1-13(2)15-9-5-6-10-16(15)23-19(24)17-11-21-18(12-20-17)22-14-7-3-4-8-14/h5-6,9-14H,3-4,7-8H2,1-2H3,(H,21,22)(H,23,24). The van der Waals surface area contributed by atoms with E-state index in [0.29, 0.717) is 17.7 Å². The van der Waals surface area contributed by atoms with Gasteiger partial charge >= 0.3 is 0 Å². The van der Waals surface area contributed by atoms with Gasteiger partial charge in [0.25, 0.3) is 5.91 Å². The first kappa shape index (κ1) is 16.4. The number of hydrogen-bond acceptors (Lipinski definition) is 4. The Morgan fingerprint density at radius 2 is 1.88 bits per heavy atom. The maximum absolute atomic E-state index is 12.4. The molecule has 0 radical (unpaired) electrons. The molecule has 2 aromatic rings. The van der Waals surface area contributed by atoms with E-state index in [4.69, 9.17) is 0 Å². The molecule has 24 heavy (non-hydrogen) atoms. The van der Waals surface area contributed by atoms with Gasteiger partial charge in [0.05, 0.1) is 12.4 Å². The number of carbonyl (C=O) groups excluding carboxylic acids is 1. The lowest BCUT2D eigenvalue weighted by Crippen LogP contribution is -2.18. The number of anilines is 2. The van der Waals surface area contributed by atoms with Crippen molar-refractivity contribution in [3.8, 4) is 0 Å². The van der Waals surface area contributed by atoms with Crippen LogP contribution in [0.4, 0.5) is 11.5 Å². The van der Waals surface area contributed by atoms with Gasteiger partial charge in [-0.3, -0.25) is 4.79 Å². The molecule has 1 aliphatic carbocycles. The SMILES string of the molecule is CC(C)c1ccccc1NC(=O)c1cnc(NC2CCCC2)cn1. The highest BCUT2D eigenvalue weighted by Crippen LogP contribution is 2.24. The summed E-state index contributed by atoms with van der Waals surface area (Å²) in [4.78, 5) is 21.0. The zero-order valence-corrected chi connectivity index (χ0v) is 14.2. The Morgan fingerprint density at radius 1 is 1.12 bits per heavy atom. The van der Waals surface area contributed by atoms with Crippen LogP contribution in [-0.4, -0.2) is 21.9 Å². The quantitative estimate of drug-likeness (QED) is 0.864. The highest BCUT2D eigenvalue weighted by molar-refractivity contribution is 6.03. The minimum atomic E-state index is -0.233. The fourth-order valence-corrected chi connectivity index (χ4v) is 3.10. The van der Waals surface area contributed by atoms with E-state index in [0.717, 1.165) is 17.1 Å². The van der Waals surface area contributed by atoms with Crippen LogP contribution in [0.2, 0.25) is 0 Å². The van der Waals surface area contributed by atoms with Crippen LogP contribution in [0.3, 0.4) is 0 Å². The summed E-state index contributed by atoms with van der Waals surface area (Å²) in [6, 6.07) is 8.32. The summed E-state index contributed by atoms with van der Waals surface area (Å²) in [5, 5.41) is 6.31. The summed E-state index contributed by atoms with van der Waals surface area (Å²) >= 11 is 0. The minimum absolute atomic E-state index is 0.233. The van der Waals surface area contributed by atoms with E-state index in [-0.39, 0.29) is 5.91 Å². The van der Waals surface area contributed by atoms with E-state index >= 15 is 0 Å². The van der Waals surface area contributed by atoms with E-state index in [1.54, 1.807) is 6.20 Å². The Balaban J connectivity index is 1.67. The minimum Gasteiger partial charge on any atom is -0.366 e. The molecule has 126 valence electrons. The summed E-state index contributed by atoms with van der Waals surface area (Å²) in [6.07, 6.45) is 8.06. The predicted molar refractivity (Wildman–Crippen MR) is 96.4 cm³/mol. The summed E-state index contributed by atoms with van der Waals surface area (Å²) in [5.74, 6) is 0.842. The van der Waals surface area contributed by atoms with Crippen LogP contribution in [0.1, 0.15) is 61.5 Å². The molecule has 3 rings (SSSR count). The van der Waals surface area contributed by atoms with Crippen molar-refractivity contribution in [1.82, 2.24) is 9.97 Å². The molecule has 2 N–H and O–H groups in total. The van der Waals surface area contributed by atoms with Gasteiger partial charge in [-0.2, -0.15) is 0 Å². The molecule has 1 aromatic heterocycles. The Kier molecular flexibility index (Phi) is 5.08. The lowest BCUT2D eigenvalue weighted by molar-refractivity contribution is 0.102. The number of aromatic nitrogens is 2. The third-order valence-corrected chi connectivity index (χ3v) is 4.42. The second-order valence-electron chi connectivity index (χ2n) is 6.61. The number of amides is 1. The number of para-hydroxylation sites is 1. The molecule has 1 amide bonds. The highest BCUT2D eigenvalue weighted by Gasteiger charge is 2.16. The molecule has 0 unspecified atom stereocenters. The van der Waals surface area contributed by atoms with Gasteiger partial charge in [-0.1, -0.05) is 44.9 Å². The summed E-state index contributed by atoms with van der Waals surface area (Å²) in [5.41, 5.74) is 2.26. The van der Waals surface area contributed by atoms with E-state index < -0.39 is 0 Å². The van der Waals surface area contributed by atoms with E-state index in [1.807, 2.05) is 24.3 Å². The van der Waals surface area contributed by atoms with E-state index in [1.165, 1.54) is 31.9 Å². The second kappa shape index (κ2) is 7.43. The van der Waals surface area contributed by atoms with Crippen molar-refractivity contribution in [3.63, 3.8) is 0 Å². The number of rotatable bonds is 5. The highest BCUT2D eigenvalue weighted by atomic mass is 16.1. The van der Waals surface area contributed by atoms with Gasteiger partial charge in [0.2, 0.25) is 0 Å². The third-order valence-electron chi connectivity index (χ3n) is 4.42. The molecule has 1 saturated carbocycles. The van der Waals surface area contributed by atoms with Crippen LogP contribution < -0.4 is 10.6 Å². The molecular formula is C19H24N4O. The topological polar surface area (TPSA) is 66.9 Å². The number of benzene rings is 1. The summed E-state index contributed by atoms with van der Waals surface area (Å²) < 4.78 is 0. The Labute approximate surface area is 142 Å². The maximum atomic E-state index is 12.4. The van der Waals surface area contributed by atoms with E-state index in [2.05, 4.69) is 34.4 Å². The van der Waals surface area contributed by atoms with Crippen LogP contribution >= 0.6 is 0 Å². The van der Waals surface area contributed by atoms with Crippen molar-refractivity contribution < 1.29 is 4.79 Å². The van der Waals surface area contributed by atoms with Gasteiger partial charge in [0.1, 0.15) is 11.5 Å². The largest absolute Gasteiger partial charge is 0.366 e. The van der Waals surface area contributed by atoms with Crippen LogP contribution in [-0.2, 0) is 0 Å². The van der Waals surface area contributed by atoms with Crippen molar-refractivity contribution in [3.05, 3.63) is 47.9 Å². The maximum Gasteiger partial charge on any atom is 0.275 e.